The molecule has 4 aliphatic rings. The molecule has 1 aromatic heterocycles. The molecular formula is C26H38N3O2+. The van der Waals surface area contributed by atoms with E-state index in [1.54, 1.807) is 17.3 Å². The summed E-state index contributed by atoms with van der Waals surface area (Å²) in [6.45, 7) is 3.70. The first kappa shape index (κ1) is 21.1. The van der Waals surface area contributed by atoms with Gasteiger partial charge in [0.1, 0.15) is 5.78 Å². The number of pyridine rings is 1. The van der Waals surface area contributed by atoms with E-state index in [0.717, 1.165) is 41.3 Å². The van der Waals surface area contributed by atoms with E-state index in [-0.39, 0.29) is 5.91 Å². The third-order valence-electron chi connectivity index (χ3n) is 10.2. The van der Waals surface area contributed by atoms with Crippen LogP contribution in [0.3, 0.4) is 0 Å². The van der Waals surface area contributed by atoms with Gasteiger partial charge in [-0.3, -0.25) is 14.6 Å². The standard InChI is InChI=1S/C26H38N3O2/c1-26-12-8-21(30)16-18(26)4-6-22-23(26)11-15-29(3)20(5-7-24(22)29)17-25(31)28(2)19-9-13-27-14-10-19/h9-10,13-14,18,20,22-24H,4-8,11-12,15-17H2,1-3H3/q+1/t18-,20+,22+,23-,24-,26-,29+/m0/s1. The highest BCUT2D eigenvalue weighted by atomic mass is 16.2. The lowest BCUT2D eigenvalue weighted by atomic mass is 9.49. The van der Waals surface area contributed by atoms with Crippen molar-refractivity contribution in [2.75, 3.05) is 25.5 Å². The zero-order valence-corrected chi connectivity index (χ0v) is 19.4. The van der Waals surface area contributed by atoms with Crippen molar-refractivity contribution >= 4 is 17.4 Å². The van der Waals surface area contributed by atoms with Crippen LogP contribution in [-0.2, 0) is 9.59 Å². The van der Waals surface area contributed by atoms with Gasteiger partial charge >= 0.3 is 0 Å². The molecule has 2 saturated heterocycles. The average molecular weight is 425 g/mol. The molecule has 31 heavy (non-hydrogen) atoms. The average Bonchev–Trinajstić information content (AvgIpc) is 3.10. The van der Waals surface area contributed by atoms with E-state index in [1.165, 1.54) is 38.6 Å². The van der Waals surface area contributed by atoms with Crippen molar-refractivity contribution < 1.29 is 14.1 Å². The molecule has 2 saturated carbocycles. The summed E-state index contributed by atoms with van der Waals surface area (Å²) < 4.78 is 1.09. The van der Waals surface area contributed by atoms with E-state index in [4.69, 9.17) is 0 Å². The van der Waals surface area contributed by atoms with Crippen LogP contribution in [0.2, 0.25) is 0 Å². The number of rotatable bonds is 3. The van der Waals surface area contributed by atoms with Gasteiger partial charge in [-0.2, -0.15) is 0 Å². The first-order valence-electron chi connectivity index (χ1n) is 12.4. The minimum Gasteiger partial charge on any atom is -0.321 e. The Morgan fingerprint density at radius 3 is 2.74 bits per heavy atom. The van der Waals surface area contributed by atoms with Gasteiger partial charge in [-0.1, -0.05) is 6.92 Å². The van der Waals surface area contributed by atoms with Crippen molar-refractivity contribution in [1.29, 1.82) is 0 Å². The number of fused-ring (bicyclic) bond motifs is 5. The third-order valence-corrected chi connectivity index (χ3v) is 10.2. The molecule has 0 unspecified atom stereocenters. The number of hydrogen-bond acceptors (Lipinski definition) is 3. The third kappa shape index (κ3) is 3.35. The predicted molar refractivity (Wildman–Crippen MR) is 121 cm³/mol. The highest BCUT2D eigenvalue weighted by molar-refractivity contribution is 5.93. The molecule has 2 aliphatic carbocycles. The summed E-state index contributed by atoms with van der Waals surface area (Å²) in [5.41, 5.74) is 1.28. The maximum Gasteiger partial charge on any atom is 0.232 e. The van der Waals surface area contributed by atoms with E-state index < -0.39 is 0 Å². The molecule has 5 heteroatoms. The van der Waals surface area contributed by atoms with Crippen molar-refractivity contribution in [1.82, 2.24) is 4.98 Å². The van der Waals surface area contributed by atoms with Crippen LogP contribution in [0, 0.1) is 23.2 Å². The van der Waals surface area contributed by atoms with E-state index in [0.29, 0.717) is 35.6 Å². The monoisotopic (exact) mass is 424 g/mol. The minimum atomic E-state index is 0.222. The second-order valence-corrected chi connectivity index (χ2v) is 11.3. The lowest BCUT2D eigenvalue weighted by Gasteiger charge is -2.60. The molecule has 0 radical (unpaired) electrons. The molecule has 0 aromatic carbocycles. The van der Waals surface area contributed by atoms with Crippen molar-refractivity contribution in [3.63, 3.8) is 0 Å². The molecule has 0 spiro atoms. The van der Waals surface area contributed by atoms with Crippen molar-refractivity contribution in [2.24, 2.45) is 23.2 Å². The predicted octanol–water partition coefficient (Wildman–Crippen LogP) is 4.22. The number of quaternary nitrogens is 1. The van der Waals surface area contributed by atoms with Gasteiger partial charge < -0.3 is 9.38 Å². The van der Waals surface area contributed by atoms with Crippen LogP contribution in [0.15, 0.2) is 24.5 Å². The van der Waals surface area contributed by atoms with Gasteiger partial charge in [-0.15, -0.1) is 0 Å². The molecule has 5 nitrogen and oxygen atoms in total. The molecule has 2 aliphatic heterocycles. The number of anilines is 1. The molecule has 1 amide bonds. The Hall–Kier alpha value is -1.75. The van der Waals surface area contributed by atoms with Gasteiger partial charge in [0.25, 0.3) is 0 Å². The van der Waals surface area contributed by atoms with Crippen molar-refractivity contribution in [2.45, 2.75) is 76.8 Å². The molecule has 5 rings (SSSR count). The number of ketones is 1. The number of amides is 1. The van der Waals surface area contributed by atoms with Gasteiger partial charge in [-0.05, 0) is 48.6 Å². The van der Waals surface area contributed by atoms with Gasteiger partial charge in [0, 0.05) is 63.2 Å². The maximum absolute atomic E-state index is 13.1. The Balaban J connectivity index is 1.31. The highest BCUT2D eigenvalue weighted by Crippen LogP contribution is 2.60. The fourth-order valence-corrected chi connectivity index (χ4v) is 8.23. The Labute approximate surface area is 186 Å². The van der Waals surface area contributed by atoms with Crippen LogP contribution in [0.25, 0.3) is 0 Å². The van der Waals surface area contributed by atoms with Gasteiger partial charge in [0.2, 0.25) is 5.91 Å². The van der Waals surface area contributed by atoms with E-state index in [1.807, 2.05) is 19.2 Å². The SMILES string of the molecule is CN(C(=O)C[C@H]1CC[C@H]2[C@@H]3CC[C@H]4CC(=O)CC[C@]4(C)[C@H]3CC[N@+]12C)c1ccncc1. The fourth-order valence-electron chi connectivity index (χ4n) is 8.23. The largest absolute Gasteiger partial charge is 0.321 e. The second-order valence-electron chi connectivity index (χ2n) is 11.3. The first-order chi connectivity index (χ1) is 14.8. The topological polar surface area (TPSA) is 50.3 Å². The Morgan fingerprint density at radius 2 is 1.97 bits per heavy atom. The van der Waals surface area contributed by atoms with Gasteiger partial charge in [0.05, 0.1) is 32.1 Å². The number of piperidine rings is 1. The van der Waals surface area contributed by atoms with Crippen LogP contribution >= 0.6 is 0 Å². The molecule has 1 aromatic rings. The Kier molecular flexibility index (Phi) is 5.23. The van der Waals surface area contributed by atoms with Crippen LogP contribution in [-0.4, -0.2) is 53.9 Å². The van der Waals surface area contributed by atoms with E-state index >= 15 is 0 Å². The quantitative estimate of drug-likeness (QED) is 0.683. The van der Waals surface area contributed by atoms with E-state index in [2.05, 4.69) is 19.0 Å². The normalized spacial score (nSPS) is 41.8. The number of hydrogen-bond donors (Lipinski definition) is 0. The van der Waals surface area contributed by atoms with Gasteiger partial charge in [0.15, 0.2) is 0 Å². The lowest BCUT2D eigenvalue weighted by Crippen LogP contribution is -2.65. The number of nitrogens with zero attached hydrogens (tertiary/aromatic N) is 3. The van der Waals surface area contributed by atoms with Gasteiger partial charge in [-0.25, -0.2) is 0 Å². The number of Topliss-reactive ketones (excluding diaryl/α,β-unsaturated/α-hetero) is 1. The molecule has 0 bridgehead atoms. The summed E-state index contributed by atoms with van der Waals surface area (Å²) in [5, 5.41) is 0. The number of aromatic nitrogens is 1. The second kappa shape index (κ2) is 7.68. The summed E-state index contributed by atoms with van der Waals surface area (Å²) in [7, 11) is 4.33. The molecular weight excluding hydrogens is 386 g/mol. The molecule has 0 N–H and O–H groups in total. The summed E-state index contributed by atoms with van der Waals surface area (Å²) in [6.07, 6.45) is 13.1. The van der Waals surface area contributed by atoms with Crippen LogP contribution in [0.1, 0.15) is 64.7 Å². The molecule has 4 fully saturated rings. The lowest BCUT2D eigenvalue weighted by molar-refractivity contribution is -0.953. The van der Waals surface area contributed by atoms with Crippen molar-refractivity contribution in [3.05, 3.63) is 24.5 Å². The molecule has 3 heterocycles. The Bertz CT molecular complexity index is 857. The maximum atomic E-state index is 13.1. The zero-order valence-electron chi connectivity index (χ0n) is 19.4. The number of carbonyl (C=O) groups excluding carboxylic acids is 2. The highest BCUT2D eigenvalue weighted by Gasteiger charge is 2.61. The van der Waals surface area contributed by atoms with Crippen LogP contribution < -0.4 is 4.90 Å². The van der Waals surface area contributed by atoms with Crippen molar-refractivity contribution in [3.8, 4) is 0 Å². The zero-order chi connectivity index (χ0) is 21.8. The molecule has 7 atom stereocenters. The van der Waals surface area contributed by atoms with Crippen LogP contribution in [0.5, 0.6) is 0 Å². The fraction of sp³-hybridized carbons (Fsp3) is 0.731. The summed E-state index contributed by atoms with van der Waals surface area (Å²) in [6, 6.07) is 4.94. The summed E-state index contributed by atoms with van der Waals surface area (Å²) in [4.78, 5) is 31.1. The summed E-state index contributed by atoms with van der Waals surface area (Å²) in [5.74, 6) is 2.87. The first-order valence-corrected chi connectivity index (χ1v) is 12.4. The summed E-state index contributed by atoms with van der Waals surface area (Å²) >= 11 is 0. The number of carbonyl (C=O) groups is 2. The smallest absolute Gasteiger partial charge is 0.232 e. The Morgan fingerprint density at radius 1 is 1.19 bits per heavy atom. The van der Waals surface area contributed by atoms with Crippen LogP contribution in [0.4, 0.5) is 5.69 Å². The minimum absolute atomic E-state index is 0.222. The molecule has 168 valence electrons. The van der Waals surface area contributed by atoms with E-state index in [9.17, 15) is 9.59 Å².